The number of benzene rings is 1. The monoisotopic (exact) mass is 263 g/mol. The largest absolute Gasteiger partial charge is 0.490 e. The Bertz CT molecular complexity index is 457. The Balaban J connectivity index is 1.80. The molecule has 1 heterocycles. The summed E-state index contributed by atoms with van der Waals surface area (Å²) >= 11 is 0. The van der Waals surface area contributed by atoms with E-state index in [1.165, 1.54) is 12.8 Å². The first-order valence-corrected chi connectivity index (χ1v) is 7.09. The van der Waals surface area contributed by atoms with Gasteiger partial charge in [-0.3, -0.25) is 0 Å². The average Bonchev–Trinajstić information content (AvgIpc) is 3.14. The van der Waals surface area contributed by atoms with Crippen molar-refractivity contribution in [2.75, 3.05) is 6.79 Å². The summed E-state index contributed by atoms with van der Waals surface area (Å²) in [5, 5.41) is 3.52. The number of rotatable bonds is 6. The first kappa shape index (κ1) is 12.6. The van der Waals surface area contributed by atoms with Gasteiger partial charge in [0.2, 0.25) is 6.79 Å². The van der Waals surface area contributed by atoms with Crippen LogP contribution in [0.5, 0.6) is 17.2 Å². The van der Waals surface area contributed by atoms with Crippen LogP contribution in [-0.2, 0) is 6.54 Å². The molecule has 0 spiro atoms. The zero-order chi connectivity index (χ0) is 13.2. The molecule has 0 radical (unpaired) electrons. The number of hydrogen-bond acceptors (Lipinski definition) is 4. The molecule has 1 aliphatic heterocycles. The van der Waals surface area contributed by atoms with Gasteiger partial charge in [-0.1, -0.05) is 6.92 Å². The van der Waals surface area contributed by atoms with E-state index in [1.54, 1.807) is 0 Å². The van der Waals surface area contributed by atoms with Crippen molar-refractivity contribution in [3.63, 3.8) is 0 Å². The predicted octanol–water partition coefficient (Wildman–Crippen LogP) is 2.84. The van der Waals surface area contributed by atoms with E-state index in [0.29, 0.717) is 12.8 Å². The second-order valence-corrected chi connectivity index (χ2v) is 5.31. The molecule has 1 atom stereocenters. The minimum atomic E-state index is 0.208. The van der Waals surface area contributed by atoms with Crippen LogP contribution in [0.2, 0.25) is 0 Å². The quantitative estimate of drug-likeness (QED) is 0.856. The van der Waals surface area contributed by atoms with E-state index in [-0.39, 0.29) is 6.10 Å². The Morgan fingerprint density at radius 2 is 2.05 bits per heavy atom. The van der Waals surface area contributed by atoms with Crippen molar-refractivity contribution in [1.82, 2.24) is 5.32 Å². The molecule has 1 aromatic rings. The van der Waals surface area contributed by atoms with E-state index >= 15 is 0 Å². The third-order valence-electron chi connectivity index (χ3n) is 3.62. The van der Waals surface area contributed by atoms with Gasteiger partial charge in [-0.2, -0.15) is 0 Å². The minimum absolute atomic E-state index is 0.208. The summed E-state index contributed by atoms with van der Waals surface area (Å²) in [6.45, 7) is 5.34. The van der Waals surface area contributed by atoms with Crippen LogP contribution in [0, 0.1) is 0 Å². The molecule has 1 saturated carbocycles. The van der Waals surface area contributed by atoms with E-state index in [9.17, 15) is 0 Å². The molecule has 0 saturated heterocycles. The van der Waals surface area contributed by atoms with Crippen LogP contribution in [0.1, 0.15) is 38.7 Å². The molecule has 0 bridgehead atoms. The van der Waals surface area contributed by atoms with Gasteiger partial charge in [0.25, 0.3) is 0 Å². The highest BCUT2D eigenvalue weighted by atomic mass is 16.7. The van der Waals surface area contributed by atoms with Crippen molar-refractivity contribution in [2.45, 2.75) is 51.8 Å². The van der Waals surface area contributed by atoms with Crippen LogP contribution in [0.3, 0.4) is 0 Å². The Hall–Kier alpha value is -1.42. The average molecular weight is 263 g/mol. The molecular formula is C15H21NO3. The summed E-state index contributed by atoms with van der Waals surface area (Å²) in [6.07, 6.45) is 3.77. The molecule has 4 nitrogen and oxygen atoms in total. The first-order valence-electron chi connectivity index (χ1n) is 7.09. The Kier molecular flexibility index (Phi) is 3.51. The fourth-order valence-electron chi connectivity index (χ4n) is 2.06. The lowest BCUT2D eigenvalue weighted by Crippen LogP contribution is -2.17. The molecule has 19 heavy (non-hydrogen) atoms. The zero-order valence-electron chi connectivity index (χ0n) is 11.6. The van der Waals surface area contributed by atoms with Crippen LogP contribution >= 0.6 is 0 Å². The normalized spacial score (nSPS) is 18.4. The maximum absolute atomic E-state index is 6.00. The number of fused-ring (bicyclic) bond motifs is 1. The highest BCUT2D eigenvalue weighted by Crippen LogP contribution is 2.38. The van der Waals surface area contributed by atoms with Gasteiger partial charge < -0.3 is 19.5 Å². The molecule has 4 heteroatoms. The summed E-state index contributed by atoms with van der Waals surface area (Å²) in [7, 11) is 0. The summed E-state index contributed by atoms with van der Waals surface area (Å²) < 4.78 is 16.9. The van der Waals surface area contributed by atoms with Crippen LogP contribution in [-0.4, -0.2) is 18.9 Å². The number of ether oxygens (including phenoxy) is 3. The third kappa shape index (κ3) is 2.95. The molecular weight excluding hydrogens is 242 g/mol. The summed E-state index contributed by atoms with van der Waals surface area (Å²) in [4.78, 5) is 0. The van der Waals surface area contributed by atoms with Gasteiger partial charge in [-0.15, -0.1) is 0 Å². The van der Waals surface area contributed by atoms with Crippen molar-refractivity contribution >= 4 is 0 Å². The SMILES string of the molecule is CCC(C)Oc1cc2c(cc1CNC1CC1)OCO2. The lowest BCUT2D eigenvalue weighted by atomic mass is 10.1. The van der Waals surface area contributed by atoms with Crippen LogP contribution in [0.15, 0.2) is 12.1 Å². The van der Waals surface area contributed by atoms with Gasteiger partial charge in [0.05, 0.1) is 6.10 Å². The van der Waals surface area contributed by atoms with E-state index in [1.807, 2.05) is 12.1 Å². The summed E-state index contributed by atoms with van der Waals surface area (Å²) in [5.74, 6) is 2.52. The van der Waals surface area contributed by atoms with Crippen LogP contribution < -0.4 is 19.5 Å². The van der Waals surface area contributed by atoms with Crippen molar-refractivity contribution in [1.29, 1.82) is 0 Å². The molecule has 0 aromatic heterocycles. The van der Waals surface area contributed by atoms with Crippen LogP contribution in [0.25, 0.3) is 0 Å². The van der Waals surface area contributed by atoms with Crippen molar-refractivity contribution in [2.24, 2.45) is 0 Å². The molecule has 0 amide bonds. The summed E-state index contributed by atoms with van der Waals surface area (Å²) in [5.41, 5.74) is 1.15. The second kappa shape index (κ2) is 5.29. The fraction of sp³-hybridized carbons (Fsp3) is 0.600. The van der Waals surface area contributed by atoms with Gasteiger partial charge in [0.15, 0.2) is 11.5 Å². The third-order valence-corrected chi connectivity index (χ3v) is 3.62. The fourth-order valence-corrected chi connectivity index (χ4v) is 2.06. The van der Waals surface area contributed by atoms with Gasteiger partial charge >= 0.3 is 0 Å². The maximum Gasteiger partial charge on any atom is 0.231 e. The highest BCUT2D eigenvalue weighted by Gasteiger charge is 2.23. The molecule has 1 fully saturated rings. The standard InChI is InChI=1S/C15H21NO3/c1-3-10(2)19-13-7-15-14(17-9-18-15)6-11(13)8-16-12-4-5-12/h6-7,10,12,16H,3-5,8-9H2,1-2H3. The van der Waals surface area contributed by atoms with Crippen molar-refractivity contribution in [3.05, 3.63) is 17.7 Å². The predicted molar refractivity (Wildman–Crippen MR) is 72.8 cm³/mol. The van der Waals surface area contributed by atoms with E-state index in [4.69, 9.17) is 14.2 Å². The first-order chi connectivity index (χ1) is 9.26. The van der Waals surface area contributed by atoms with Crippen molar-refractivity contribution in [3.8, 4) is 17.2 Å². The highest BCUT2D eigenvalue weighted by molar-refractivity contribution is 5.52. The maximum atomic E-state index is 6.00. The molecule has 1 unspecified atom stereocenters. The van der Waals surface area contributed by atoms with E-state index < -0.39 is 0 Å². The molecule has 3 rings (SSSR count). The lowest BCUT2D eigenvalue weighted by Gasteiger charge is -2.17. The molecule has 1 aliphatic carbocycles. The molecule has 2 aliphatic rings. The molecule has 104 valence electrons. The smallest absolute Gasteiger partial charge is 0.231 e. The number of hydrogen-bond donors (Lipinski definition) is 1. The van der Waals surface area contributed by atoms with Gasteiger partial charge in [0.1, 0.15) is 5.75 Å². The second-order valence-electron chi connectivity index (χ2n) is 5.31. The van der Waals surface area contributed by atoms with Crippen molar-refractivity contribution < 1.29 is 14.2 Å². The van der Waals surface area contributed by atoms with Gasteiger partial charge in [0, 0.05) is 24.2 Å². The zero-order valence-corrected chi connectivity index (χ0v) is 11.6. The molecule has 1 N–H and O–H groups in total. The number of nitrogens with one attached hydrogen (secondary N) is 1. The van der Waals surface area contributed by atoms with E-state index in [2.05, 4.69) is 19.2 Å². The lowest BCUT2D eigenvalue weighted by molar-refractivity contribution is 0.173. The molecule has 1 aromatic carbocycles. The van der Waals surface area contributed by atoms with Gasteiger partial charge in [-0.25, -0.2) is 0 Å². The topological polar surface area (TPSA) is 39.7 Å². The Morgan fingerprint density at radius 3 is 2.74 bits per heavy atom. The minimum Gasteiger partial charge on any atom is -0.490 e. The Labute approximate surface area is 114 Å². The van der Waals surface area contributed by atoms with Gasteiger partial charge in [-0.05, 0) is 32.3 Å². The summed E-state index contributed by atoms with van der Waals surface area (Å²) in [6, 6.07) is 4.68. The Morgan fingerprint density at radius 1 is 1.32 bits per heavy atom. The van der Waals surface area contributed by atoms with E-state index in [0.717, 1.165) is 35.8 Å². The van der Waals surface area contributed by atoms with Crippen LogP contribution in [0.4, 0.5) is 0 Å².